The lowest BCUT2D eigenvalue weighted by Crippen LogP contribution is -2.42. The normalized spacial score (nSPS) is 13.1. The van der Waals surface area contributed by atoms with E-state index in [1.807, 2.05) is 0 Å². The fraction of sp³-hybridized carbons (Fsp3) is 0.500. The molecule has 0 aromatic heterocycles. The number of hydrogen-bond acceptors (Lipinski definition) is 10. The van der Waals surface area contributed by atoms with E-state index in [-0.39, 0.29) is 19.4 Å². The van der Waals surface area contributed by atoms with Crippen LogP contribution in [0.25, 0.3) is 0 Å². The maximum Gasteiger partial charge on any atom is 0.510 e. The Bertz CT molecular complexity index is 552. The maximum absolute atomic E-state index is 11.4. The van der Waals surface area contributed by atoms with Crippen LogP contribution >= 0.6 is 0 Å². The second kappa shape index (κ2) is 14.0. The number of carbonyl (C=O) groups excluding carboxylic acids is 2. The second-order valence-corrected chi connectivity index (χ2v) is 4.95. The molecule has 0 atom stereocenters. The van der Waals surface area contributed by atoms with Crippen LogP contribution in [0.1, 0.15) is 39.5 Å². The predicted molar refractivity (Wildman–Crippen MR) is 88.3 cm³/mol. The SMILES string of the molecule is CC=CC(=O)OOC(CCCCCOC(=O)O)(OOC(=O)C=CC)OC(=O)O. The van der Waals surface area contributed by atoms with Gasteiger partial charge in [-0.05, 0) is 33.1 Å². The molecule has 0 bridgehead atoms. The molecule has 0 spiro atoms. The maximum atomic E-state index is 11.4. The Hall–Kier alpha value is -3.12. The lowest BCUT2D eigenvalue weighted by molar-refractivity contribution is -0.543. The predicted octanol–water partition coefficient (Wildman–Crippen LogP) is 2.69. The van der Waals surface area contributed by atoms with Gasteiger partial charge in [-0.2, -0.15) is 0 Å². The average Bonchev–Trinajstić information content (AvgIpc) is 2.61. The highest BCUT2D eigenvalue weighted by Crippen LogP contribution is 2.25. The number of ether oxygens (including phenoxy) is 2. The summed E-state index contributed by atoms with van der Waals surface area (Å²) < 4.78 is 8.81. The molecule has 0 heterocycles. The van der Waals surface area contributed by atoms with Crippen molar-refractivity contribution in [3.05, 3.63) is 24.3 Å². The molecule has 0 amide bonds. The van der Waals surface area contributed by atoms with Gasteiger partial charge in [0.2, 0.25) is 0 Å². The molecule has 0 aliphatic rings. The van der Waals surface area contributed by atoms with Gasteiger partial charge in [-0.1, -0.05) is 12.2 Å². The van der Waals surface area contributed by atoms with Crippen molar-refractivity contribution in [1.29, 1.82) is 0 Å². The van der Waals surface area contributed by atoms with Crippen LogP contribution in [0, 0.1) is 0 Å². The summed E-state index contributed by atoms with van der Waals surface area (Å²) in [5.41, 5.74) is 0. The van der Waals surface area contributed by atoms with E-state index in [0.717, 1.165) is 12.2 Å². The van der Waals surface area contributed by atoms with Crippen LogP contribution in [0.2, 0.25) is 0 Å². The van der Waals surface area contributed by atoms with Crippen molar-refractivity contribution in [2.24, 2.45) is 0 Å². The van der Waals surface area contributed by atoms with Gasteiger partial charge in [-0.25, -0.2) is 19.2 Å². The highest BCUT2D eigenvalue weighted by Gasteiger charge is 2.43. The van der Waals surface area contributed by atoms with Crippen molar-refractivity contribution in [3.8, 4) is 0 Å². The van der Waals surface area contributed by atoms with Crippen molar-refractivity contribution >= 4 is 24.2 Å². The van der Waals surface area contributed by atoms with Gasteiger partial charge in [0.05, 0.1) is 6.61 Å². The minimum Gasteiger partial charge on any atom is -0.450 e. The lowest BCUT2D eigenvalue weighted by atomic mass is 10.2. The molecule has 0 aliphatic carbocycles. The number of carboxylic acid groups (broad SMARTS) is 2. The molecule has 0 saturated carbocycles. The summed E-state index contributed by atoms with van der Waals surface area (Å²) in [6, 6.07) is 0. The minimum absolute atomic E-state index is 0.0869. The average molecular weight is 406 g/mol. The van der Waals surface area contributed by atoms with E-state index >= 15 is 0 Å². The molecular formula is C16H22O12. The van der Waals surface area contributed by atoms with Gasteiger partial charge < -0.3 is 19.7 Å². The quantitative estimate of drug-likeness (QED) is 0.115. The van der Waals surface area contributed by atoms with Crippen molar-refractivity contribution < 1.29 is 58.4 Å². The molecule has 0 unspecified atom stereocenters. The standard InChI is InChI=1S/C16H22O12/c1-3-8-12(17)25-27-16(24-15(21)22,28-26-13(18)9-4-2)10-6-5-7-11-23-14(19)20/h3-4,8-9H,5-7,10-11H2,1-2H3,(H,19,20)(H,21,22). The second-order valence-electron chi connectivity index (χ2n) is 4.95. The molecule has 0 radical (unpaired) electrons. The van der Waals surface area contributed by atoms with E-state index in [0.29, 0.717) is 12.8 Å². The summed E-state index contributed by atoms with van der Waals surface area (Å²) in [5, 5.41) is 17.3. The topological polar surface area (TPSA) is 164 Å². The first-order valence-electron chi connectivity index (χ1n) is 8.07. The summed E-state index contributed by atoms with van der Waals surface area (Å²) in [7, 11) is 0. The Morgan fingerprint density at radius 1 is 0.821 bits per heavy atom. The Balaban J connectivity index is 5.04. The largest absolute Gasteiger partial charge is 0.510 e. The fourth-order valence-electron chi connectivity index (χ4n) is 1.63. The molecule has 12 nitrogen and oxygen atoms in total. The summed E-state index contributed by atoms with van der Waals surface area (Å²) in [4.78, 5) is 62.2. The summed E-state index contributed by atoms with van der Waals surface area (Å²) in [6.07, 6.45) is 1.73. The molecule has 28 heavy (non-hydrogen) atoms. The summed E-state index contributed by atoms with van der Waals surface area (Å²) in [5.74, 6) is -4.59. The molecule has 0 fully saturated rings. The molecule has 12 heteroatoms. The van der Waals surface area contributed by atoms with Crippen LogP contribution in [0.3, 0.4) is 0 Å². The first-order valence-corrected chi connectivity index (χ1v) is 8.07. The van der Waals surface area contributed by atoms with E-state index in [4.69, 9.17) is 10.2 Å². The van der Waals surface area contributed by atoms with Gasteiger partial charge in [0.15, 0.2) is 0 Å². The fourth-order valence-corrected chi connectivity index (χ4v) is 1.63. The molecule has 0 aromatic rings. The molecule has 0 aliphatic heterocycles. The number of allylic oxidation sites excluding steroid dienone is 2. The van der Waals surface area contributed by atoms with Gasteiger partial charge >= 0.3 is 30.2 Å². The molecular weight excluding hydrogens is 384 g/mol. The molecule has 0 saturated heterocycles. The number of rotatable bonds is 13. The molecule has 2 N–H and O–H groups in total. The summed E-state index contributed by atoms with van der Waals surface area (Å²) >= 11 is 0. The zero-order chi connectivity index (χ0) is 21.4. The van der Waals surface area contributed by atoms with E-state index in [1.54, 1.807) is 0 Å². The van der Waals surface area contributed by atoms with Gasteiger partial charge in [-0.15, -0.1) is 9.78 Å². The third-order valence-corrected chi connectivity index (χ3v) is 2.70. The summed E-state index contributed by atoms with van der Waals surface area (Å²) in [6.45, 7) is 2.96. The molecule has 0 rings (SSSR count). The van der Waals surface area contributed by atoms with Crippen LogP contribution in [0.15, 0.2) is 24.3 Å². The Morgan fingerprint density at radius 2 is 1.36 bits per heavy atom. The van der Waals surface area contributed by atoms with Gasteiger partial charge in [0.25, 0.3) is 0 Å². The zero-order valence-electron chi connectivity index (χ0n) is 15.3. The van der Waals surface area contributed by atoms with Gasteiger partial charge in [-0.3, -0.25) is 9.78 Å². The highest BCUT2D eigenvalue weighted by molar-refractivity contribution is 5.81. The number of hydrogen-bond donors (Lipinski definition) is 2. The van der Waals surface area contributed by atoms with Crippen LogP contribution < -0.4 is 0 Å². The lowest BCUT2D eigenvalue weighted by Gasteiger charge is -2.26. The monoisotopic (exact) mass is 406 g/mol. The van der Waals surface area contributed by atoms with Gasteiger partial charge in [0.1, 0.15) is 0 Å². The minimum atomic E-state index is -2.59. The first kappa shape index (κ1) is 24.9. The van der Waals surface area contributed by atoms with Crippen LogP contribution in [-0.4, -0.2) is 47.0 Å². The van der Waals surface area contributed by atoms with E-state index in [9.17, 15) is 19.2 Å². The van der Waals surface area contributed by atoms with Crippen LogP contribution in [0.4, 0.5) is 9.59 Å². The third-order valence-electron chi connectivity index (χ3n) is 2.70. The van der Waals surface area contributed by atoms with Crippen molar-refractivity contribution in [2.45, 2.75) is 45.5 Å². The Labute approximate surface area is 160 Å². The van der Waals surface area contributed by atoms with E-state index in [1.165, 1.54) is 26.0 Å². The van der Waals surface area contributed by atoms with E-state index < -0.39 is 30.2 Å². The number of carbonyl (C=O) groups is 4. The van der Waals surface area contributed by atoms with Crippen molar-refractivity contribution in [2.75, 3.05) is 6.61 Å². The van der Waals surface area contributed by atoms with Crippen molar-refractivity contribution in [3.63, 3.8) is 0 Å². The first-order chi connectivity index (χ1) is 13.2. The molecule has 0 aromatic carbocycles. The van der Waals surface area contributed by atoms with Crippen LogP contribution in [0.5, 0.6) is 0 Å². The molecule has 158 valence electrons. The number of unbranched alkanes of at least 4 members (excludes halogenated alkanes) is 2. The van der Waals surface area contributed by atoms with Crippen LogP contribution in [-0.2, 0) is 38.6 Å². The Kier molecular flexibility index (Phi) is 12.4. The Morgan fingerprint density at radius 3 is 1.79 bits per heavy atom. The highest BCUT2D eigenvalue weighted by atomic mass is 17.4. The van der Waals surface area contributed by atoms with E-state index in [2.05, 4.69) is 29.0 Å². The third kappa shape index (κ3) is 12.3. The van der Waals surface area contributed by atoms with Gasteiger partial charge in [0, 0.05) is 18.6 Å². The smallest absolute Gasteiger partial charge is 0.450 e. The zero-order valence-corrected chi connectivity index (χ0v) is 15.3. The van der Waals surface area contributed by atoms with Crippen molar-refractivity contribution in [1.82, 2.24) is 0 Å².